The second-order valence-corrected chi connectivity index (χ2v) is 6.86. The van der Waals surface area contributed by atoms with Crippen LogP contribution < -0.4 is 10.8 Å². The Morgan fingerprint density at radius 1 is 0.967 bits per heavy atom. The molecule has 3 rings (SSSR count). The molecule has 0 aromatic heterocycles. The average molecular weight is 416 g/mol. The lowest BCUT2D eigenvalue weighted by Crippen LogP contribution is -2.26. The summed E-state index contributed by atoms with van der Waals surface area (Å²) in [5.74, 6) is -1.01. The smallest absolute Gasteiger partial charge is 0.349 e. The molecule has 0 spiro atoms. The number of carbonyl (C=O) groups is 2. The van der Waals surface area contributed by atoms with Crippen molar-refractivity contribution in [2.75, 3.05) is 0 Å². The van der Waals surface area contributed by atoms with Crippen LogP contribution in [0.25, 0.3) is 17.7 Å². The number of halogens is 3. The summed E-state index contributed by atoms with van der Waals surface area (Å²) < 4.78 is 38.5. The molecule has 2 aromatic carbocycles. The Kier molecular flexibility index (Phi) is 6.37. The highest BCUT2D eigenvalue weighted by atomic mass is 19.4. The number of rotatable bonds is 6. The number of hydroxylamine groups is 1. The van der Waals surface area contributed by atoms with Crippen LogP contribution in [-0.2, 0) is 15.8 Å². The third kappa shape index (κ3) is 5.81. The predicted octanol–water partition coefficient (Wildman–Crippen LogP) is 4.04. The summed E-state index contributed by atoms with van der Waals surface area (Å²) in [6.07, 6.45) is 1.57. The molecule has 3 N–H and O–H groups in total. The quantitative estimate of drug-likeness (QED) is 0.288. The molecular weight excluding hydrogens is 397 g/mol. The Morgan fingerprint density at radius 3 is 2.10 bits per heavy atom. The summed E-state index contributed by atoms with van der Waals surface area (Å²) >= 11 is 0. The molecule has 2 aromatic rings. The van der Waals surface area contributed by atoms with Crippen molar-refractivity contribution in [2.24, 2.45) is 0 Å². The maximum Gasteiger partial charge on any atom is 0.416 e. The lowest BCUT2D eigenvalue weighted by atomic mass is 10.00. The van der Waals surface area contributed by atoms with E-state index in [9.17, 15) is 22.8 Å². The maximum absolute atomic E-state index is 12.8. The molecule has 30 heavy (non-hydrogen) atoms. The van der Waals surface area contributed by atoms with E-state index in [1.165, 1.54) is 23.7 Å². The Labute approximate surface area is 170 Å². The molecule has 1 aliphatic carbocycles. The SMILES string of the molecule is O=C(/C=C/c1ccc(C=C(C(=O)NC2CC2)c2ccc(C(F)(F)F)cc2)cc1)NO. The molecule has 0 saturated heterocycles. The van der Waals surface area contributed by atoms with Crippen molar-refractivity contribution in [1.29, 1.82) is 0 Å². The first-order valence-electron chi connectivity index (χ1n) is 9.18. The Bertz CT molecular complexity index is 974. The van der Waals surface area contributed by atoms with E-state index < -0.39 is 17.6 Å². The molecule has 0 aliphatic heterocycles. The van der Waals surface area contributed by atoms with Crippen molar-refractivity contribution in [3.63, 3.8) is 0 Å². The van der Waals surface area contributed by atoms with Gasteiger partial charge in [-0.15, -0.1) is 0 Å². The van der Waals surface area contributed by atoms with E-state index in [0.717, 1.165) is 31.1 Å². The fraction of sp³-hybridized carbons (Fsp3) is 0.182. The zero-order chi connectivity index (χ0) is 21.7. The molecule has 5 nitrogen and oxygen atoms in total. The van der Waals surface area contributed by atoms with Gasteiger partial charge in [-0.05, 0) is 53.8 Å². The van der Waals surface area contributed by atoms with Crippen LogP contribution in [0.15, 0.2) is 54.6 Å². The van der Waals surface area contributed by atoms with Crippen LogP contribution in [0, 0.1) is 0 Å². The highest BCUT2D eigenvalue weighted by Crippen LogP contribution is 2.31. The van der Waals surface area contributed by atoms with Gasteiger partial charge in [-0.1, -0.05) is 36.4 Å². The molecule has 1 aliphatic rings. The molecule has 8 heteroatoms. The zero-order valence-electron chi connectivity index (χ0n) is 15.7. The van der Waals surface area contributed by atoms with E-state index in [2.05, 4.69) is 5.32 Å². The van der Waals surface area contributed by atoms with E-state index in [-0.39, 0.29) is 17.5 Å². The van der Waals surface area contributed by atoms with Gasteiger partial charge < -0.3 is 5.32 Å². The lowest BCUT2D eigenvalue weighted by Gasteiger charge is -2.11. The fourth-order valence-electron chi connectivity index (χ4n) is 2.69. The first-order chi connectivity index (χ1) is 14.3. The largest absolute Gasteiger partial charge is 0.416 e. The molecular formula is C22H19F3N2O3. The summed E-state index contributed by atoms with van der Waals surface area (Å²) in [5.41, 5.74) is 2.70. The number of nitrogens with one attached hydrogen (secondary N) is 2. The third-order valence-corrected chi connectivity index (χ3v) is 4.47. The third-order valence-electron chi connectivity index (χ3n) is 4.47. The van der Waals surface area contributed by atoms with Crippen LogP contribution >= 0.6 is 0 Å². The summed E-state index contributed by atoms with van der Waals surface area (Å²) in [4.78, 5) is 23.7. The first kappa shape index (κ1) is 21.3. The number of hydrogen-bond acceptors (Lipinski definition) is 3. The summed E-state index contributed by atoms with van der Waals surface area (Å²) in [5, 5.41) is 11.3. The highest BCUT2D eigenvalue weighted by molar-refractivity contribution is 6.24. The summed E-state index contributed by atoms with van der Waals surface area (Å²) in [6.45, 7) is 0. The van der Waals surface area contributed by atoms with Gasteiger partial charge in [0.15, 0.2) is 0 Å². The second kappa shape index (κ2) is 8.96. The summed E-state index contributed by atoms with van der Waals surface area (Å²) in [7, 11) is 0. The number of benzene rings is 2. The first-order valence-corrected chi connectivity index (χ1v) is 9.18. The molecule has 156 valence electrons. The molecule has 0 atom stereocenters. The minimum atomic E-state index is -4.45. The Hall–Kier alpha value is -3.39. The van der Waals surface area contributed by atoms with Gasteiger partial charge in [0.1, 0.15) is 0 Å². The monoisotopic (exact) mass is 416 g/mol. The number of carbonyl (C=O) groups excluding carboxylic acids is 2. The number of hydrogen-bond donors (Lipinski definition) is 3. The second-order valence-electron chi connectivity index (χ2n) is 6.86. The van der Waals surface area contributed by atoms with Crippen LogP contribution in [0.4, 0.5) is 13.2 Å². The van der Waals surface area contributed by atoms with E-state index in [4.69, 9.17) is 5.21 Å². The van der Waals surface area contributed by atoms with Crippen molar-refractivity contribution in [3.05, 3.63) is 76.9 Å². The van der Waals surface area contributed by atoms with Crippen LogP contribution in [0.2, 0.25) is 0 Å². The zero-order valence-corrected chi connectivity index (χ0v) is 15.7. The van der Waals surface area contributed by atoms with Gasteiger partial charge in [-0.25, -0.2) is 5.48 Å². The molecule has 1 fully saturated rings. The lowest BCUT2D eigenvalue weighted by molar-refractivity contribution is -0.137. The van der Waals surface area contributed by atoms with E-state index in [1.54, 1.807) is 30.3 Å². The van der Waals surface area contributed by atoms with E-state index in [1.807, 2.05) is 0 Å². The van der Waals surface area contributed by atoms with Gasteiger partial charge in [0.2, 0.25) is 0 Å². The van der Waals surface area contributed by atoms with Crippen molar-refractivity contribution in [1.82, 2.24) is 10.8 Å². The van der Waals surface area contributed by atoms with Crippen LogP contribution in [0.3, 0.4) is 0 Å². The normalized spacial score (nSPS) is 14.6. The van der Waals surface area contributed by atoms with Crippen LogP contribution in [-0.4, -0.2) is 23.1 Å². The molecule has 0 radical (unpaired) electrons. The number of alkyl halides is 3. The van der Waals surface area contributed by atoms with Gasteiger partial charge in [0.05, 0.1) is 5.56 Å². The van der Waals surface area contributed by atoms with Crippen molar-refractivity contribution in [3.8, 4) is 0 Å². The average Bonchev–Trinajstić information content (AvgIpc) is 3.54. The van der Waals surface area contributed by atoms with E-state index >= 15 is 0 Å². The van der Waals surface area contributed by atoms with Gasteiger partial charge in [0, 0.05) is 17.7 Å². The van der Waals surface area contributed by atoms with Crippen molar-refractivity contribution >= 4 is 29.5 Å². The van der Waals surface area contributed by atoms with Crippen molar-refractivity contribution in [2.45, 2.75) is 25.1 Å². The fourth-order valence-corrected chi connectivity index (χ4v) is 2.69. The van der Waals surface area contributed by atoms with E-state index in [0.29, 0.717) is 16.7 Å². The Morgan fingerprint density at radius 2 is 1.57 bits per heavy atom. The topological polar surface area (TPSA) is 78.4 Å². The predicted molar refractivity (Wildman–Crippen MR) is 106 cm³/mol. The van der Waals surface area contributed by atoms with Crippen molar-refractivity contribution < 1.29 is 28.0 Å². The van der Waals surface area contributed by atoms with Gasteiger partial charge in [-0.3, -0.25) is 14.8 Å². The van der Waals surface area contributed by atoms with Gasteiger partial charge >= 0.3 is 6.18 Å². The van der Waals surface area contributed by atoms with Crippen LogP contribution in [0.1, 0.15) is 35.1 Å². The molecule has 0 bridgehead atoms. The molecule has 0 unspecified atom stereocenters. The molecule has 2 amide bonds. The minimum Gasteiger partial charge on any atom is -0.349 e. The van der Waals surface area contributed by atoms with Gasteiger partial charge in [-0.2, -0.15) is 13.2 Å². The molecule has 1 saturated carbocycles. The maximum atomic E-state index is 12.8. The van der Waals surface area contributed by atoms with Gasteiger partial charge in [0.25, 0.3) is 11.8 Å². The number of amides is 2. The Balaban J connectivity index is 1.88. The molecule has 0 heterocycles. The highest BCUT2D eigenvalue weighted by Gasteiger charge is 2.30. The minimum absolute atomic E-state index is 0.0977. The van der Waals surface area contributed by atoms with Crippen LogP contribution in [0.5, 0.6) is 0 Å². The summed E-state index contributed by atoms with van der Waals surface area (Å²) in [6, 6.07) is 11.4. The standard InChI is InChI=1S/C22H19F3N2O3/c23-22(24,25)17-8-6-16(7-9-17)19(21(29)26-18-10-11-18)13-15-3-1-14(2-4-15)5-12-20(28)27-30/h1-9,12-13,18,30H,10-11H2,(H,26,29)(H,27,28)/b12-5+,19-13?.